The minimum absolute atomic E-state index is 0.00544. The van der Waals surface area contributed by atoms with Gasteiger partial charge in [0.25, 0.3) is 5.91 Å². The van der Waals surface area contributed by atoms with Crippen molar-refractivity contribution in [2.24, 2.45) is 5.92 Å². The van der Waals surface area contributed by atoms with Gasteiger partial charge in [0.2, 0.25) is 0 Å². The Balaban J connectivity index is 1.87. The second-order valence-electron chi connectivity index (χ2n) is 5.60. The molecule has 1 aliphatic heterocycles. The van der Waals surface area contributed by atoms with Crippen molar-refractivity contribution in [3.8, 4) is 5.75 Å². The highest BCUT2D eigenvalue weighted by Crippen LogP contribution is 2.23. The van der Waals surface area contributed by atoms with Gasteiger partial charge in [0.05, 0.1) is 0 Å². The van der Waals surface area contributed by atoms with Gasteiger partial charge < -0.3 is 14.7 Å². The van der Waals surface area contributed by atoms with Crippen molar-refractivity contribution >= 4 is 11.9 Å². The molecular formula is C16H21NO4. The summed E-state index contributed by atoms with van der Waals surface area (Å²) in [6.45, 7) is 5.04. The number of carboxylic acid groups (broad SMARTS) is 1. The molecule has 0 bridgehead atoms. The zero-order valence-electron chi connectivity index (χ0n) is 12.5. The van der Waals surface area contributed by atoms with E-state index in [4.69, 9.17) is 9.84 Å². The number of aliphatic carboxylic acids is 1. The number of rotatable bonds is 5. The number of carboxylic acids is 1. The lowest BCUT2D eigenvalue weighted by molar-refractivity contribution is -0.138. The SMILES string of the molecule is Cc1cccc(C)c1OCC(=O)N1CCC(CC(=O)O)C1. The largest absolute Gasteiger partial charge is 0.483 e. The lowest BCUT2D eigenvalue weighted by Crippen LogP contribution is -2.33. The highest BCUT2D eigenvalue weighted by atomic mass is 16.5. The fourth-order valence-electron chi connectivity index (χ4n) is 2.72. The fourth-order valence-corrected chi connectivity index (χ4v) is 2.72. The molecule has 1 aromatic rings. The summed E-state index contributed by atoms with van der Waals surface area (Å²) in [5.74, 6) is -0.0644. The first-order valence-electron chi connectivity index (χ1n) is 7.16. The normalized spacial score (nSPS) is 17.8. The van der Waals surface area contributed by atoms with E-state index in [1.807, 2.05) is 32.0 Å². The summed E-state index contributed by atoms with van der Waals surface area (Å²) < 4.78 is 5.65. The minimum atomic E-state index is -0.805. The van der Waals surface area contributed by atoms with Gasteiger partial charge in [-0.15, -0.1) is 0 Å². The second kappa shape index (κ2) is 6.61. The molecule has 1 saturated heterocycles. The summed E-state index contributed by atoms with van der Waals surface area (Å²) in [7, 11) is 0. The molecule has 0 radical (unpaired) electrons. The summed E-state index contributed by atoms with van der Waals surface area (Å²) in [4.78, 5) is 24.5. The van der Waals surface area contributed by atoms with Crippen molar-refractivity contribution in [3.05, 3.63) is 29.3 Å². The molecule has 2 rings (SSSR count). The van der Waals surface area contributed by atoms with Gasteiger partial charge in [0.1, 0.15) is 5.75 Å². The molecule has 0 aliphatic carbocycles. The van der Waals surface area contributed by atoms with Crippen molar-refractivity contribution in [1.82, 2.24) is 4.90 Å². The molecule has 1 atom stereocenters. The number of carbonyl (C=O) groups excluding carboxylic acids is 1. The van der Waals surface area contributed by atoms with Gasteiger partial charge >= 0.3 is 5.97 Å². The third-order valence-electron chi connectivity index (χ3n) is 3.85. The van der Waals surface area contributed by atoms with Crippen LogP contribution in [0.4, 0.5) is 0 Å². The molecule has 1 unspecified atom stereocenters. The van der Waals surface area contributed by atoms with Crippen molar-refractivity contribution in [3.63, 3.8) is 0 Å². The number of likely N-dealkylation sites (tertiary alicyclic amines) is 1. The van der Waals surface area contributed by atoms with E-state index in [-0.39, 0.29) is 24.9 Å². The van der Waals surface area contributed by atoms with Gasteiger partial charge in [-0.05, 0) is 37.3 Å². The van der Waals surface area contributed by atoms with Crippen LogP contribution in [-0.4, -0.2) is 41.6 Å². The van der Waals surface area contributed by atoms with Crippen molar-refractivity contribution in [2.75, 3.05) is 19.7 Å². The number of ether oxygens (including phenoxy) is 1. The molecular weight excluding hydrogens is 270 g/mol. The number of para-hydroxylation sites is 1. The molecule has 1 aromatic carbocycles. The van der Waals surface area contributed by atoms with E-state index in [1.165, 1.54) is 0 Å². The lowest BCUT2D eigenvalue weighted by Gasteiger charge is -2.18. The van der Waals surface area contributed by atoms with Crippen LogP contribution in [0.1, 0.15) is 24.0 Å². The molecule has 1 heterocycles. The molecule has 21 heavy (non-hydrogen) atoms. The minimum Gasteiger partial charge on any atom is -0.483 e. The molecule has 0 saturated carbocycles. The van der Waals surface area contributed by atoms with E-state index >= 15 is 0 Å². The topological polar surface area (TPSA) is 66.8 Å². The Morgan fingerprint density at radius 1 is 1.33 bits per heavy atom. The number of benzene rings is 1. The number of nitrogens with zero attached hydrogens (tertiary/aromatic N) is 1. The van der Waals surface area contributed by atoms with Crippen molar-refractivity contribution < 1.29 is 19.4 Å². The summed E-state index contributed by atoms with van der Waals surface area (Å²) in [5.41, 5.74) is 2.01. The van der Waals surface area contributed by atoms with Crippen LogP contribution in [0.3, 0.4) is 0 Å². The summed E-state index contributed by atoms with van der Waals surface area (Å²) in [5, 5.41) is 8.78. The van der Waals surface area contributed by atoms with E-state index in [0.717, 1.165) is 23.3 Å². The molecule has 1 amide bonds. The van der Waals surface area contributed by atoms with Crippen LogP contribution < -0.4 is 4.74 Å². The van der Waals surface area contributed by atoms with Crippen LogP contribution in [0.15, 0.2) is 18.2 Å². The van der Waals surface area contributed by atoms with Crippen LogP contribution in [0.2, 0.25) is 0 Å². The summed E-state index contributed by atoms with van der Waals surface area (Å²) in [6, 6.07) is 5.85. The first kappa shape index (κ1) is 15.4. The van der Waals surface area contributed by atoms with E-state index in [1.54, 1.807) is 4.90 Å². The predicted molar refractivity (Wildman–Crippen MR) is 78.4 cm³/mol. The smallest absolute Gasteiger partial charge is 0.303 e. The van der Waals surface area contributed by atoms with E-state index in [0.29, 0.717) is 13.1 Å². The zero-order valence-corrected chi connectivity index (χ0v) is 12.5. The van der Waals surface area contributed by atoms with E-state index in [9.17, 15) is 9.59 Å². The molecule has 1 fully saturated rings. The number of hydrogen-bond acceptors (Lipinski definition) is 3. The highest BCUT2D eigenvalue weighted by Gasteiger charge is 2.27. The van der Waals surface area contributed by atoms with Gasteiger partial charge in [-0.1, -0.05) is 18.2 Å². The Hall–Kier alpha value is -2.04. The standard InChI is InChI=1S/C16H21NO4/c1-11-4-3-5-12(2)16(11)21-10-14(18)17-7-6-13(9-17)8-15(19)20/h3-5,13H,6-10H2,1-2H3,(H,19,20). The third kappa shape index (κ3) is 3.97. The average Bonchev–Trinajstić information content (AvgIpc) is 2.85. The van der Waals surface area contributed by atoms with Crippen LogP contribution in [0.5, 0.6) is 5.75 Å². The number of hydrogen-bond donors (Lipinski definition) is 1. The van der Waals surface area contributed by atoms with Gasteiger partial charge in [0, 0.05) is 19.5 Å². The quantitative estimate of drug-likeness (QED) is 0.901. The van der Waals surface area contributed by atoms with E-state index in [2.05, 4.69) is 0 Å². The highest BCUT2D eigenvalue weighted by molar-refractivity contribution is 5.78. The maximum Gasteiger partial charge on any atom is 0.303 e. The van der Waals surface area contributed by atoms with Crippen molar-refractivity contribution in [1.29, 1.82) is 0 Å². The first-order chi connectivity index (χ1) is 9.97. The Morgan fingerprint density at radius 3 is 2.62 bits per heavy atom. The van der Waals surface area contributed by atoms with Crippen LogP contribution in [0, 0.1) is 19.8 Å². The number of amides is 1. The second-order valence-corrected chi connectivity index (χ2v) is 5.60. The third-order valence-corrected chi connectivity index (χ3v) is 3.85. The molecule has 5 heteroatoms. The molecule has 5 nitrogen and oxygen atoms in total. The van der Waals surface area contributed by atoms with E-state index < -0.39 is 5.97 Å². The lowest BCUT2D eigenvalue weighted by atomic mass is 10.1. The number of carbonyl (C=O) groups is 2. The van der Waals surface area contributed by atoms with Crippen molar-refractivity contribution in [2.45, 2.75) is 26.7 Å². The summed E-state index contributed by atoms with van der Waals surface area (Å²) in [6.07, 6.45) is 0.878. The van der Waals surface area contributed by atoms with Crippen LogP contribution >= 0.6 is 0 Å². The van der Waals surface area contributed by atoms with Gasteiger partial charge in [-0.2, -0.15) is 0 Å². The van der Waals surface area contributed by atoms with Gasteiger partial charge in [0.15, 0.2) is 6.61 Å². The first-order valence-corrected chi connectivity index (χ1v) is 7.16. The predicted octanol–water partition coefficient (Wildman–Crippen LogP) is 2.01. The monoisotopic (exact) mass is 291 g/mol. The Bertz CT molecular complexity index is 521. The molecule has 1 N–H and O–H groups in total. The fraction of sp³-hybridized carbons (Fsp3) is 0.500. The van der Waals surface area contributed by atoms with Gasteiger partial charge in [-0.3, -0.25) is 9.59 Å². The Kier molecular flexibility index (Phi) is 4.83. The number of aryl methyl sites for hydroxylation is 2. The molecule has 1 aliphatic rings. The maximum absolute atomic E-state index is 12.1. The van der Waals surface area contributed by atoms with Crippen LogP contribution in [0.25, 0.3) is 0 Å². The Labute approximate surface area is 124 Å². The maximum atomic E-state index is 12.1. The molecule has 0 spiro atoms. The van der Waals surface area contributed by atoms with Gasteiger partial charge in [-0.25, -0.2) is 0 Å². The van der Waals surface area contributed by atoms with Crippen LogP contribution in [-0.2, 0) is 9.59 Å². The molecule has 114 valence electrons. The summed E-state index contributed by atoms with van der Waals surface area (Å²) >= 11 is 0. The Morgan fingerprint density at radius 2 is 2.00 bits per heavy atom. The average molecular weight is 291 g/mol. The molecule has 0 aromatic heterocycles. The zero-order chi connectivity index (χ0) is 15.4.